The van der Waals surface area contributed by atoms with Crippen molar-refractivity contribution in [2.24, 2.45) is 5.16 Å². The number of nitrogens with one attached hydrogen (secondary N) is 1. The SMILES string of the molecule is O=C(Nc1ccccc1F)C1CC(Cc2ccccc2)=NO1. The summed E-state index contributed by atoms with van der Waals surface area (Å²) >= 11 is 0. The summed E-state index contributed by atoms with van der Waals surface area (Å²) < 4.78 is 13.5. The van der Waals surface area contributed by atoms with Gasteiger partial charge >= 0.3 is 0 Å². The average molecular weight is 298 g/mol. The number of anilines is 1. The predicted octanol–water partition coefficient (Wildman–Crippen LogP) is 3.15. The molecule has 0 aliphatic carbocycles. The lowest BCUT2D eigenvalue weighted by Crippen LogP contribution is -2.28. The van der Waals surface area contributed by atoms with Crippen LogP contribution in [0.4, 0.5) is 10.1 Å². The quantitative estimate of drug-likeness (QED) is 0.942. The molecule has 4 nitrogen and oxygen atoms in total. The van der Waals surface area contributed by atoms with Crippen LogP contribution < -0.4 is 5.32 Å². The van der Waals surface area contributed by atoms with E-state index >= 15 is 0 Å². The molecule has 1 aliphatic heterocycles. The van der Waals surface area contributed by atoms with Gasteiger partial charge < -0.3 is 10.2 Å². The summed E-state index contributed by atoms with van der Waals surface area (Å²) in [4.78, 5) is 17.3. The third-order valence-corrected chi connectivity index (χ3v) is 3.41. The first-order valence-corrected chi connectivity index (χ1v) is 7.03. The maximum atomic E-state index is 13.5. The highest BCUT2D eigenvalue weighted by Crippen LogP contribution is 2.18. The number of rotatable bonds is 4. The minimum Gasteiger partial charge on any atom is -0.382 e. The molecule has 0 radical (unpaired) electrons. The first kappa shape index (κ1) is 14.3. The Kier molecular flexibility index (Phi) is 4.14. The number of nitrogens with zero attached hydrogens (tertiary/aromatic N) is 1. The number of benzene rings is 2. The number of hydrogen-bond acceptors (Lipinski definition) is 3. The van der Waals surface area contributed by atoms with Gasteiger partial charge in [-0.15, -0.1) is 0 Å². The Morgan fingerprint density at radius 3 is 2.68 bits per heavy atom. The van der Waals surface area contributed by atoms with Crippen molar-refractivity contribution in [2.75, 3.05) is 5.32 Å². The Morgan fingerprint density at radius 1 is 1.18 bits per heavy atom. The van der Waals surface area contributed by atoms with E-state index in [0.717, 1.165) is 11.3 Å². The molecule has 1 atom stereocenters. The topological polar surface area (TPSA) is 50.7 Å². The van der Waals surface area contributed by atoms with Crippen LogP contribution in [0.2, 0.25) is 0 Å². The van der Waals surface area contributed by atoms with Gasteiger partial charge in [0.2, 0.25) is 6.10 Å². The van der Waals surface area contributed by atoms with Crippen LogP contribution in [-0.2, 0) is 16.1 Å². The maximum Gasteiger partial charge on any atom is 0.268 e. The van der Waals surface area contributed by atoms with Crippen LogP contribution >= 0.6 is 0 Å². The predicted molar refractivity (Wildman–Crippen MR) is 82.1 cm³/mol. The molecule has 3 rings (SSSR count). The van der Waals surface area contributed by atoms with Gasteiger partial charge in [0, 0.05) is 12.8 Å². The summed E-state index contributed by atoms with van der Waals surface area (Å²) in [6, 6.07) is 15.9. The fourth-order valence-corrected chi connectivity index (χ4v) is 2.28. The molecule has 1 N–H and O–H groups in total. The third-order valence-electron chi connectivity index (χ3n) is 3.41. The van der Waals surface area contributed by atoms with Crippen molar-refractivity contribution in [3.8, 4) is 0 Å². The van der Waals surface area contributed by atoms with Crippen LogP contribution in [0, 0.1) is 5.82 Å². The molecule has 1 amide bonds. The summed E-state index contributed by atoms with van der Waals surface area (Å²) in [5, 5.41) is 6.48. The molecule has 112 valence electrons. The largest absolute Gasteiger partial charge is 0.382 e. The third kappa shape index (κ3) is 3.31. The molecule has 0 fully saturated rings. The van der Waals surface area contributed by atoms with Gasteiger partial charge in [-0.05, 0) is 17.7 Å². The van der Waals surface area contributed by atoms with E-state index in [1.807, 2.05) is 30.3 Å². The molecule has 0 spiro atoms. The van der Waals surface area contributed by atoms with E-state index < -0.39 is 17.8 Å². The molecule has 2 aromatic carbocycles. The van der Waals surface area contributed by atoms with Crippen molar-refractivity contribution in [1.29, 1.82) is 0 Å². The van der Waals surface area contributed by atoms with E-state index in [2.05, 4.69) is 10.5 Å². The molecule has 0 saturated heterocycles. The number of carbonyl (C=O) groups excluding carboxylic acids is 1. The first-order valence-electron chi connectivity index (χ1n) is 7.03. The molecule has 0 bridgehead atoms. The van der Waals surface area contributed by atoms with E-state index in [4.69, 9.17) is 4.84 Å². The van der Waals surface area contributed by atoms with Crippen LogP contribution in [0.1, 0.15) is 12.0 Å². The number of para-hydroxylation sites is 1. The summed E-state index contributed by atoms with van der Waals surface area (Å²) in [5.74, 6) is -0.865. The second-order valence-electron chi connectivity index (χ2n) is 5.09. The summed E-state index contributed by atoms with van der Waals surface area (Å²) in [6.07, 6.45) is 0.345. The summed E-state index contributed by atoms with van der Waals surface area (Å²) in [6.45, 7) is 0. The second-order valence-corrected chi connectivity index (χ2v) is 5.09. The van der Waals surface area contributed by atoms with Gasteiger partial charge in [0.1, 0.15) is 5.82 Å². The zero-order valence-corrected chi connectivity index (χ0v) is 11.8. The summed E-state index contributed by atoms with van der Waals surface area (Å²) in [5.41, 5.74) is 2.06. The fraction of sp³-hybridized carbons (Fsp3) is 0.176. The van der Waals surface area contributed by atoms with Crippen molar-refractivity contribution in [3.63, 3.8) is 0 Å². The van der Waals surface area contributed by atoms with Gasteiger partial charge in [-0.3, -0.25) is 4.79 Å². The van der Waals surface area contributed by atoms with Crippen molar-refractivity contribution < 1.29 is 14.0 Å². The molecule has 22 heavy (non-hydrogen) atoms. The number of carbonyl (C=O) groups is 1. The Labute approximate surface area is 127 Å². The van der Waals surface area contributed by atoms with Crippen molar-refractivity contribution in [3.05, 3.63) is 66.0 Å². The highest BCUT2D eigenvalue weighted by atomic mass is 19.1. The Morgan fingerprint density at radius 2 is 1.91 bits per heavy atom. The van der Waals surface area contributed by atoms with E-state index in [-0.39, 0.29) is 5.69 Å². The molecular weight excluding hydrogens is 283 g/mol. The van der Waals surface area contributed by atoms with Gasteiger partial charge in [0.25, 0.3) is 5.91 Å². The smallest absolute Gasteiger partial charge is 0.268 e. The van der Waals surface area contributed by atoms with Gasteiger partial charge in [0.15, 0.2) is 0 Å². The van der Waals surface area contributed by atoms with E-state index in [1.165, 1.54) is 12.1 Å². The van der Waals surface area contributed by atoms with Gasteiger partial charge in [-0.2, -0.15) is 0 Å². The van der Waals surface area contributed by atoms with Crippen molar-refractivity contribution in [1.82, 2.24) is 0 Å². The van der Waals surface area contributed by atoms with E-state index in [1.54, 1.807) is 12.1 Å². The Hall–Kier alpha value is -2.69. The molecule has 0 aromatic heterocycles. The maximum absolute atomic E-state index is 13.5. The van der Waals surface area contributed by atoms with E-state index in [0.29, 0.717) is 12.8 Å². The van der Waals surface area contributed by atoms with Crippen LogP contribution in [0.25, 0.3) is 0 Å². The van der Waals surface area contributed by atoms with Gasteiger partial charge in [0.05, 0.1) is 11.4 Å². The number of hydrogen-bond donors (Lipinski definition) is 1. The lowest BCUT2D eigenvalue weighted by Gasteiger charge is -2.10. The zero-order chi connectivity index (χ0) is 15.4. The standard InChI is InChI=1S/C17H15FN2O2/c18-14-8-4-5-9-15(14)19-17(21)16-11-13(20-22-16)10-12-6-2-1-3-7-12/h1-9,16H,10-11H2,(H,19,21). The Balaban J connectivity index is 1.57. The highest BCUT2D eigenvalue weighted by Gasteiger charge is 2.28. The Bertz CT molecular complexity index is 701. The van der Waals surface area contributed by atoms with Crippen LogP contribution in [0.5, 0.6) is 0 Å². The average Bonchev–Trinajstić information content (AvgIpc) is 2.99. The number of amides is 1. The first-order chi connectivity index (χ1) is 10.7. The zero-order valence-electron chi connectivity index (χ0n) is 11.8. The molecule has 5 heteroatoms. The lowest BCUT2D eigenvalue weighted by atomic mass is 10.0. The number of halogens is 1. The molecular formula is C17H15FN2O2. The van der Waals surface area contributed by atoms with Gasteiger partial charge in [-0.25, -0.2) is 4.39 Å². The van der Waals surface area contributed by atoms with E-state index in [9.17, 15) is 9.18 Å². The minimum atomic E-state index is -0.710. The number of oxime groups is 1. The summed E-state index contributed by atoms with van der Waals surface area (Å²) in [7, 11) is 0. The second kappa shape index (κ2) is 6.39. The van der Waals surface area contributed by atoms with Crippen molar-refractivity contribution in [2.45, 2.75) is 18.9 Å². The molecule has 2 aromatic rings. The van der Waals surface area contributed by atoms with Crippen LogP contribution in [0.15, 0.2) is 59.8 Å². The fourth-order valence-electron chi connectivity index (χ4n) is 2.28. The molecule has 1 heterocycles. The van der Waals surface area contributed by atoms with Gasteiger partial charge in [-0.1, -0.05) is 47.6 Å². The monoisotopic (exact) mass is 298 g/mol. The molecule has 1 aliphatic rings. The lowest BCUT2D eigenvalue weighted by molar-refractivity contribution is -0.125. The molecule has 1 unspecified atom stereocenters. The highest BCUT2D eigenvalue weighted by molar-refractivity contribution is 5.99. The van der Waals surface area contributed by atoms with Crippen LogP contribution in [0.3, 0.4) is 0 Å². The molecule has 0 saturated carbocycles. The normalized spacial score (nSPS) is 16.8. The van der Waals surface area contributed by atoms with Crippen molar-refractivity contribution >= 4 is 17.3 Å². The minimum absolute atomic E-state index is 0.146. The van der Waals surface area contributed by atoms with Crippen LogP contribution in [-0.4, -0.2) is 17.7 Å².